The molecule has 0 radical (unpaired) electrons. The van der Waals surface area contributed by atoms with Crippen LogP contribution in [-0.4, -0.2) is 17.1 Å². The lowest BCUT2D eigenvalue weighted by Gasteiger charge is -2.06. The summed E-state index contributed by atoms with van der Waals surface area (Å²) in [6.07, 6.45) is 3.57. The molecule has 1 aromatic heterocycles. The van der Waals surface area contributed by atoms with Gasteiger partial charge in [-0.2, -0.15) is 0 Å². The van der Waals surface area contributed by atoms with Crippen LogP contribution in [0.3, 0.4) is 0 Å². The van der Waals surface area contributed by atoms with E-state index in [0.717, 1.165) is 16.2 Å². The summed E-state index contributed by atoms with van der Waals surface area (Å²) in [5, 5.41) is 0.676. The molecule has 2 N–H and O–H groups in total. The lowest BCUT2D eigenvalue weighted by Crippen LogP contribution is -1.92. The van der Waals surface area contributed by atoms with Crippen molar-refractivity contribution >= 4 is 17.4 Å². The number of ether oxygens (including phenoxy) is 1. The van der Waals surface area contributed by atoms with Crippen molar-refractivity contribution < 1.29 is 4.74 Å². The van der Waals surface area contributed by atoms with Crippen LogP contribution in [0.2, 0.25) is 0 Å². The molecule has 0 saturated carbocycles. The highest BCUT2D eigenvalue weighted by molar-refractivity contribution is 7.99. The average molecular weight is 247 g/mol. The largest absolute Gasteiger partial charge is 0.497 e. The highest BCUT2D eigenvalue weighted by Gasteiger charge is 2.05. The van der Waals surface area contributed by atoms with Crippen LogP contribution < -0.4 is 10.5 Å². The lowest BCUT2D eigenvalue weighted by molar-refractivity contribution is 0.414. The molecule has 0 fully saturated rings. The van der Waals surface area contributed by atoms with Crippen LogP contribution in [0.1, 0.15) is 5.56 Å². The number of anilines is 1. The summed E-state index contributed by atoms with van der Waals surface area (Å²) in [7, 11) is 1.63. The second-order valence-corrected chi connectivity index (χ2v) is 4.56. The van der Waals surface area contributed by atoms with Crippen molar-refractivity contribution in [1.29, 1.82) is 0 Å². The fourth-order valence-corrected chi connectivity index (χ4v) is 2.03. The zero-order valence-electron chi connectivity index (χ0n) is 9.68. The van der Waals surface area contributed by atoms with E-state index >= 15 is 0 Å². The van der Waals surface area contributed by atoms with E-state index in [1.807, 2.05) is 25.1 Å². The minimum atomic E-state index is 0.676. The van der Waals surface area contributed by atoms with E-state index in [0.29, 0.717) is 10.8 Å². The third kappa shape index (κ3) is 2.88. The van der Waals surface area contributed by atoms with Crippen molar-refractivity contribution in [2.24, 2.45) is 0 Å². The molecule has 0 unspecified atom stereocenters. The van der Waals surface area contributed by atoms with Gasteiger partial charge in [0.05, 0.1) is 7.11 Å². The van der Waals surface area contributed by atoms with Gasteiger partial charge < -0.3 is 10.5 Å². The first-order valence-electron chi connectivity index (χ1n) is 5.09. The molecule has 5 heteroatoms. The number of methoxy groups -OCH3 is 1. The molecule has 88 valence electrons. The van der Waals surface area contributed by atoms with Crippen molar-refractivity contribution in [2.45, 2.75) is 17.0 Å². The second-order valence-electron chi connectivity index (χ2n) is 3.55. The van der Waals surface area contributed by atoms with Gasteiger partial charge in [-0.25, -0.2) is 9.97 Å². The molecular formula is C12H13N3OS. The van der Waals surface area contributed by atoms with Crippen LogP contribution in [0.4, 0.5) is 5.69 Å². The van der Waals surface area contributed by atoms with Crippen LogP contribution in [0.5, 0.6) is 5.75 Å². The Morgan fingerprint density at radius 3 is 2.59 bits per heavy atom. The molecule has 4 nitrogen and oxygen atoms in total. The summed E-state index contributed by atoms with van der Waals surface area (Å²) < 4.78 is 5.16. The number of aromatic nitrogens is 2. The molecular weight excluding hydrogens is 234 g/mol. The molecule has 0 aliphatic rings. The van der Waals surface area contributed by atoms with E-state index in [1.165, 1.54) is 11.8 Å². The molecule has 0 bridgehead atoms. The summed E-state index contributed by atoms with van der Waals surface area (Å²) in [5.41, 5.74) is 7.62. The third-order valence-electron chi connectivity index (χ3n) is 2.18. The zero-order valence-corrected chi connectivity index (χ0v) is 10.5. The summed E-state index contributed by atoms with van der Waals surface area (Å²) in [6.45, 7) is 1.95. The maximum atomic E-state index is 5.89. The summed E-state index contributed by atoms with van der Waals surface area (Å²) in [4.78, 5) is 9.35. The van der Waals surface area contributed by atoms with Gasteiger partial charge >= 0.3 is 0 Å². The third-order valence-corrected chi connectivity index (χ3v) is 3.15. The topological polar surface area (TPSA) is 61.0 Å². The smallest absolute Gasteiger partial charge is 0.192 e. The Balaban J connectivity index is 2.25. The molecule has 17 heavy (non-hydrogen) atoms. The first kappa shape index (κ1) is 11.7. The van der Waals surface area contributed by atoms with Crippen LogP contribution in [0.15, 0.2) is 40.6 Å². The predicted octanol–water partition coefficient (Wildman–Crippen LogP) is 2.53. The minimum absolute atomic E-state index is 0.676. The zero-order chi connectivity index (χ0) is 12.3. The summed E-state index contributed by atoms with van der Waals surface area (Å²) >= 11 is 1.43. The normalized spacial score (nSPS) is 10.2. The Morgan fingerprint density at radius 2 is 1.94 bits per heavy atom. The molecule has 0 aliphatic carbocycles. The van der Waals surface area contributed by atoms with Gasteiger partial charge in [0.25, 0.3) is 0 Å². The van der Waals surface area contributed by atoms with Crippen LogP contribution in [0.25, 0.3) is 0 Å². The maximum absolute atomic E-state index is 5.89. The minimum Gasteiger partial charge on any atom is -0.497 e. The fourth-order valence-electron chi connectivity index (χ4n) is 1.26. The van der Waals surface area contributed by atoms with E-state index in [-0.39, 0.29) is 0 Å². The predicted molar refractivity (Wildman–Crippen MR) is 68.3 cm³/mol. The number of hydrogen-bond donors (Lipinski definition) is 1. The number of hydrogen-bond acceptors (Lipinski definition) is 5. The summed E-state index contributed by atoms with van der Waals surface area (Å²) in [5.74, 6) is 0.772. The highest BCUT2D eigenvalue weighted by atomic mass is 32.2. The van der Waals surface area contributed by atoms with Gasteiger partial charge in [-0.1, -0.05) is 0 Å². The lowest BCUT2D eigenvalue weighted by atomic mass is 10.3. The maximum Gasteiger partial charge on any atom is 0.192 e. The van der Waals surface area contributed by atoms with Gasteiger partial charge in [-0.15, -0.1) is 0 Å². The van der Waals surface area contributed by atoms with E-state index in [1.54, 1.807) is 19.5 Å². The average Bonchev–Trinajstić information content (AvgIpc) is 2.35. The van der Waals surface area contributed by atoms with E-state index in [4.69, 9.17) is 10.5 Å². The standard InChI is InChI=1S/C12H13N3OS/c1-8-6-14-12(15-7-8)17-11-5-9(16-2)3-4-10(11)13/h3-7H,13H2,1-2H3. The molecule has 0 atom stereocenters. The molecule has 2 aromatic rings. The molecule has 0 spiro atoms. The van der Waals surface area contributed by atoms with Crippen molar-refractivity contribution in [3.05, 3.63) is 36.2 Å². The number of nitrogens with two attached hydrogens (primary N) is 1. The van der Waals surface area contributed by atoms with Crippen LogP contribution in [0, 0.1) is 6.92 Å². The Hall–Kier alpha value is -1.75. The van der Waals surface area contributed by atoms with Gasteiger partial charge in [0, 0.05) is 23.0 Å². The molecule has 2 rings (SSSR count). The monoisotopic (exact) mass is 247 g/mol. The van der Waals surface area contributed by atoms with Crippen molar-refractivity contribution in [3.8, 4) is 5.75 Å². The SMILES string of the molecule is COc1ccc(N)c(Sc2ncc(C)cn2)c1. The van der Waals surface area contributed by atoms with Gasteiger partial charge in [0.1, 0.15) is 5.75 Å². The summed E-state index contributed by atoms with van der Waals surface area (Å²) in [6, 6.07) is 5.52. The molecule has 1 aromatic carbocycles. The van der Waals surface area contributed by atoms with E-state index in [9.17, 15) is 0 Å². The Labute approximate surface area is 104 Å². The van der Waals surface area contributed by atoms with Crippen molar-refractivity contribution in [3.63, 3.8) is 0 Å². The van der Waals surface area contributed by atoms with Crippen molar-refractivity contribution in [1.82, 2.24) is 9.97 Å². The van der Waals surface area contributed by atoms with Crippen LogP contribution in [-0.2, 0) is 0 Å². The number of nitrogens with zero attached hydrogens (tertiary/aromatic N) is 2. The number of rotatable bonds is 3. The molecule has 1 heterocycles. The van der Waals surface area contributed by atoms with Crippen LogP contribution >= 0.6 is 11.8 Å². The fraction of sp³-hybridized carbons (Fsp3) is 0.167. The van der Waals surface area contributed by atoms with Gasteiger partial charge in [0.2, 0.25) is 0 Å². The van der Waals surface area contributed by atoms with Crippen molar-refractivity contribution in [2.75, 3.05) is 12.8 Å². The molecule has 0 saturated heterocycles. The number of nitrogen functional groups attached to an aromatic ring is 1. The highest BCUT2D eigenvalue weighted by Crippen LogP contribution is 2.32. The first-order chi connectivity index (χ1) is 8.19. The quantitative estimate of drug-likeness (QED) is 0.667. The Morgan fingerprint density at radius 1 is 1.24 bits per heavy atom. The van der Waals surface area contributed by atoms with Gasteiger partial charge in [-0.3, -0.25) is 0 Å². The van der Waals surface area contributed by atoms with Gasteiger partial charge in [-0.05, 0) is 42.4 Å². The second kappa shape index (κ2) is 5.05. The Kier molecular flexibility index (Phi) is 3.49. The molecule has 0 amide bonds. The Bertz CT molecular complexity index is 514. The number of benzene rings is 1. The first-order valence-corrected chi connectivity index (χ1v) is 5.90. The van der Waals surface area contributed by atoms with E-state index in [2.05, 4.69) is 9.97 Å². The van der Waals surface area contributed by atoms with E-state index < -0.39 is 0 Å². The molecule has 0 aliphatic heterocycles. The number of aryl methyl sites for hydroxylation is 1. The van der Waals surface area contributed by atoms with Gasteiger partial charge in [0.15, 0.2) is 5.16 Å².